The number of hydrogen-bond donors (Lipinski definition) is 1. The first kappa shape index (κ1) is 14.4. The molecule has 0 bridgehead atoms. The van der Waals surface area contributed by atoms with Crippen molar-refractivity contribution < 1.29 is 9.47 Å². The Bertz CT molecular complexity index is 770. The second kappa shape index (κ2) is 6.50. The molecule has 1 atom stereocenters. The molecule has 0 radical (unpaired) electrons. The monoisotopic (exact) mass is 293 g/mol. The minimum absolute atomic E-state index is 0.186. The number of benzene rings is 3. The van der Waals surface area contributed by atoms with Crippen molar-refractivity contribution in [2.24, 2.45) is 5.73 Å². The second-order valence-electron chi connectivity index (χ2n) is 5.17. The maximum atomic E-state index is 6.26. The van der Waals surface area contributed by atoms with Gasteiger partial charge >= 0.3 is 0 Å². The van der Waals surface area contributed by atoms with E-state index in [-0.39, 0.29) is 6.04 Å². The lowest BCUT2D eigenvalue weighted by Crippen LogP contribution is -2.19. The number of fused-ring (bicyclic) bond motifs is 1. The lowest BCUT2D eigenvalue weighted by atomic mass is 10.0. The van der Waals surface area contributed by atoms with Crippen LogP contribution < -0.4 is 15.2 Å². The molecule has 0 aromatic heterocycles. The highest BCUT2D eigenvalue weighted by molar-refractivity contribution is 5.83. The van der Waals surface area contributed by atoms with E-state index in [0.717, 1.165) is 5.56 Å². The number of rotatable bonds is 5. The van der Waals surface area contributed by atoms with Crippen LogP contribution in [0, 0.1) is 0 Å². The fraction of sp³-hybridized carbons (Fsp3) is 0.158. The van der Waals surface area contributed by atoms with Crippen molar-refractivity contribution in [1.82, 2.24) is 0 Å². The molecule has 3 aromatic rings. The standard InChI is InChI=1S/C19H19NO2/c1-21-18-8-4-5-9-19(18)22-13-17(20)16-11-10-14-6-2-3-7-15(14)12-16/h2-12,17H,13,20H2,1H3. The molecule has 3 nitrogen and oxygen atoms in total. The Hall–Kier alpha value is -2.52. The summed E-state index contributed by atoms with van der Waals surface area (Å²) < 4.78 is 11.1. The number of para-hydroxylation sites is 2. The molecule has 3 heteroatoms. The average molecular weight is 293 g/mol. The molecule has 0 aliphatic heterocycles. The minimum atomic E-state index is -0.186. The van der Waals surface area contributed by atoms with Crippen LogP contribution in [0.3, 0.4) is 0 Å². The third-order valence-corrected chi connectivity index (χ3v) is 3.69. The van der Waals surface area contributed by atoms with Crippen LogP contribution in [0.1, 0.15) is 11.6 Å². The average Bonchev–Trinajstić information content (AvgIpc) is 2.59. The van der Waals surface area contributed by atoms with E-state index in [1.54, 1.807) is 7.11 Å². The van der Waals surface area contributed by atoms with Crippen LogP contribution in [0.5, 0.6) is 11.5 Å². The molecule has 2 N–H and O–H groups in total. The van der Waals surface area contributed by atoms with Gasteiger partial charge in [-0.15, -0.1) is 0 Å². The molecule has 1 unspecified atom stereocenters. The van der Waals surface area contributed by atoms with Gasteiger partial charge in [0.2, 0.25) is 0 Å². The molecule has 0 saturated carbocycles. The molecule has 0 saturated heterocycles. The Kier molecular flexibility index (Phi) is 4.26. The van der Waals surface area contributed by atoms with E-state index in [9.17, 15) is 0 Å². The molecule has 0 spiro atoms. The zero-order valence-corrected chi connectivity index (χ0v) is 12.5. The Morgan fingerprint density at radius 3 is 2.32 bits per heavy atom. The maximum absolute atomic E-state index is 6.26. The van der Waals surface area contributed by atoms with E-state index in [1.165, 1.54) is 10.8 Å². The molecule has 0 heterocycles. The zero-order valence-electron chi connectivity index (χ0n) is 12.5. The smallest absolute Gasteiger partial charge is 0.161 e. The molecular weight excluding hydrogens is 274 g/mol. The van der Waals surface area contributed by atoms with Crippen LogP contribution in [0.2, 0.25) is 0 Å². The lowest BCUT2D eigenvalue weighted by molar-refractivity contribution is 0.273. The summed E-state index contributed by atoms with van der Waals surface area (Å²) in [4.78, 5) is 0. The fourth-order valence-corrected chi connectivity index (χ4v) is 2.45. The number of nitrogens with two attached hydrogens (primary N) is 1. The van der Waals surface area contributed by atoms with Gasteiger partial charge in [-0.1, -0.05) is 48.5 Å². The SMILES string of the molecule is COc1ccccc1OCC(N)c1ccc2ccccc2c1. The predicted octanol–water partition coefficient (Wildman–Crippen LogP) is 3.93. The summed E-state index contributed by atoms with van der Waals surface area (Å²) in [5.41, 5.74) is 7.32. The molecule has 3 aromatic carbocycles. The summed E-state index contributed by atoms with van der Waals surface area (Å²) in [6.07, 6.45) is 0. The van der Waals surface area contributed by atoms with Gasteiger partial charge in [-0.2, -0.15) is 0 Å². The van der Waals surface area contributed by atoms with Crippen LogP contribution in [0.4, 0.5) is 0 Å². The van der Waals surface area contributed by atoms with Crippen molar-refractivity contribution >= 4 is 10.8 Å². The molecular formula is C19H19NO2. The van der Waals surface area contributed by atoms with Gasteiger partial charge in [-0.3, -0.25) is 0 Å². The lowest BCUT2D eigenvalue weighted by Gasteiger charge is -2.16. The highest BCUT2D eigenvalue weighted by Gasteiger charge is 2.10. The van der Waals surface area contributed by atoms with Gasteiger partial charge in [-0.25, -0.2) is 0 Å². The van der Waals surface area contributed by atoms with Crippen molar-refractivity contribution in [1.29, 1.82) is 0 Å². The summed E-state index contributed by atoms with van der Waals surface area (Å²) >= 11 is 0. The Labute approximate surface area is 130 Å². The van der Waals surface area contributed by atoms with Crippen LogP contribution >= 0.6 is 0 Å². The van der Waals surface area contributed by atoms with Gasteiger partial charge < -0.3 is 15.2 Å². The van der Waals surface area contributed by atoms with Crippen LogP contribution in [0.25, 0.3) is 10.8 Å². The van der Waals surface area contributed by atoms with Crippen molar-refractivity contribution in [3.8, 4) is 11.5 Å². The van der Waals surface area contributed by atoms with E-state index >= 15 is 0 Å². The van der Waals surface area contributed by atoms with E-state index < -0.39 is 0 Å². The first-order chi connectivity index (χ1) is 10.8. The zero-order chi connectivity index (χ0) is 15.4. The van der Waals surface area contributed by atoms with Gasteiger partial charge in [0.15, 0.2) is 11.5 Å². The highest BCUT2D eigenvalue weighted by Crippen LogP contribution is 2.27. The van der Waals surface area contributed by atoms with Crippen LogP contribution in [0.15, 0.2) is 66.7 Å². The molecule has 0 aliphatic rings. The van der Waals surface area contributed by atoms with Gasteiger partial charge in [0, 0.05) is 0 Å². The molecule has 3 rings (SSSR count). The summed E-state index contributed by atoms with van der Waals surface area (Å²) in [6.45, 7) is 0.402. The fourth-order valence-electron chi connectivity index (χ4n) is 2.45. The maximum Gasteiger partial charge on any atom is 0.161 e. The Morgan fingerprint density at radius 1 is 0.864 bits per heavy atom. The topological polar surface area (TPSA) is 44.5 Å². The van der Waals surface area contributed by atoms with Crippen molar-refractivity contribution in [3.63, 3.8) is 0 Å². The normalized spacial score (nSPS) is 12.1. The minimum Gasteiger partial charge on any atom is -0.493 e. The van der Waals surface area contributed by atoms with Gasteiger partial charge in [0.1, 0.15) is 6.61 Å². The summed E-state index contributed by atoms with van der Waals surface area (Å²) in [7, 11) is 1.63. The number of ether oxygens (including phenoxy) is 2. The van der Waals surface area contributed by atoms with E-state index in [4.69, 9.17) is 15.2 Å². The summed E-state index contributed by atoms with van der Waals surface area (Å²) in [5, 5.41) is 2.40. The first-order valence-electron chi connectivity index (χ1n) is 7.28. The third kappa shape index (κ3) is 3.05. The highest BCUT2D eigenvalue weighted by atomic mass is 16.5. The largest absolute Gasteiger partial charge is 0.493 e. The van der Waals surface area contributed by atoms with Gasteiger partial charge in [0.25, 0.3) is 0 Å². The Morgan fingerprint density at radius 2 is 1.55 bits per heavy atom. The molecule has 22 heavy (non-hydrogen) atoms. The molecule has 0 amide bonds. The van der Waals surface area contributed by atoms with E-state index in [1.807, 2.05) is 36.4 Å². The van der Waals surface area contributed by atoms with Gasteiger partial charge in [0.05, 0.1) is 13.2 Å². The van der Waals surface area contributed by atoms with E-state index in [2.05, 4.69) is 30.3 Å². The number of hydrogen-bond acceptors (Lipinski definition) is 3. The first-order valence-corrected chi connectivity index (χ1v) is 7.28. The van der Waals surface area contributed by atoms with Crippen molar-refractivity contribution in [2.45, 2.75) is 6.04 Å². The quantitative estimate of drug-likeness (QED) is 0.775. The molecule has 0 fully saturated rings. The van der Waals surface area contributed by atoms with Gasteiger partial charge in [-0.05, 0) is 34.5 Å². The molecule has 0 aliphatic carbocycles. The van der Waals surface area contributed by atoms with Crippen molar-refractivity contribution in [2.75, 3.05) is 13.7 Å². The van der Waals surface area contributed by atoms with Crippen LogP contribution in [-0.2, 0) is 0 Å². The Balaban J connectivity index is 1.74. The predicted molar refractivity (Wildman–Crippen MR) is 89.4 cm³/mol. The van der Waals surface area contributed by atoms with E-state index in [0.29, 0.717) is 18.1 Å². The van der Waals surface area contributed by atoms with Crippen molar-refractivity contribution in [3.05, 3.63) is 72.3 Å². The second-order valence-corrected chi connectivity index (χ2v) is 5.17. The summed E-state index contributed by atoms with van der Waals surface area (Å²) in [6, 6.07) is 21.9. The molecule has 112 valence electrons. The van der Waals surface area contributed by atoms with Crippen LogP contribution in [-0.4, -0.2) is 13.7 Å². The number of methoxy groups -OCH3 is 1. The summed E-state index contributed by atoms with van der Waals surface area (Å²) in [5.74, 6) is 1.43. The third-order valence-electron chi connectivity index (χ3n) is 3.69.